The van der Waals surface area contributed by atoms with Gasteiger partial charge in [-0.05, 0) is 101 Å². The van der Waals surface area contributed by atoms with Gasteiger partial charge in [0.25, 0.3) is 0 Å². The zero-order chi connectivity index (χ0) is 25.0. The molecule has 0 aromatic rings. The first kappa shape index (κ1) is 28.3. The molecule has 0 aromatic carbocycles. The fourth-order valence-electron chi connectivity index (χ4n) is 7.06. The molecule has 0 spiro atoms. The van der Waals surface area contributed by atoms with Crippen molar-refractivity contribution in [3.63, 3.8) is 0 Å². The molecule has 3 fully saturated rings. The Balaban J connectivity index is 1.51. The van der Waals surface area contributed by atoms with Gasteiger partial charge in [-0.25, -0.2) is 0 Å². The first-order valence-corrected chi connectivity index (χ1v) is 14.4. The predicted octanol–water partition coefficient (Wildman–Crippen LogP) is 2.85. The van der Waals surface area contributed by atoms with Gasteiger partial charge >= 0.3 is 0 Å². The number of nitrogens with zero attached hydrogens (tertiary/aromatic N) is 6. The average molecular weight is 479 g/mol. The largest absolute Gasteiger partial charge is 0.306 e. The van der Waals surface area contributed by atoms with E-state index in [2.05, 4.69) is 92.2 Å². The minimum atomic E-state index is 0.676. The van der Waals surface area contributed by atoms with E-state index >= 15 is 0 Å². The Hall–Kier alpha value is -0.240. The average Bonchev–Trinajstić information content (AvgIpc) is 3.28. The van der Waals surface area contributed by atoms with E-state index in [-0.39, 0.29) is 0 Å². The van der Waals surface area contributed by atoms with E-state index in [4.69, 9.17) is 0 Å². The number of hydrogen-bond donors (Lipinski definition) is 0. The third kappa shape index (κ3) is 7.39. The molecule has 6 atom stereocenters. The van der Waals surface area contributed by atoms with Crippen LogP contribution < -0.4 is 0 Å². The molecule has 200 valence electrons. The molecule has 0 radical (unpaired) electrons. The maximum Gasteiger partial charge on any atom is 0.0232 e. The molecule has 6 heteroatoms. The number of hydrogen-bond acceptors (Lipinski definition) is 6. The Morgan fingerprint density at radius 1 is 0.794 bits per heavy atom. The summed E-state index contributed by atoms with van der Waals surface area (Å²) in [7, 11) is 9.25. The summed E-state index contributed by atoms with van der Waals surface area (Å²) in [6.45, 7) is 22.0. The van der Waals surface area contributed by atoms with Gasteiger partial charge in [0.2, 0.25) is 0 Å². The van der Waals surface area contributed by atoms with Crippen molar-refractivity contribution in [3.05, 3.63) is 0 Å². The van der Waals surface area contributed by atoms with Gasteiger partial charge in [-0.15, -0.1) is 0 Å². The van der Waals surface area contributed by atoms with Crippen molar-refractivity contribution < 1.29 is 0 Å². The van der Waals surface area contributed by atoms with Crippen LogP contribution in [0, 0.1) is 5.92 Å². The van der Waals surface area contributed by atoms with Crippen molar-refractivity contribution in [3.8, 4) is 0 Å². The van der Waals surface area contributed by atoms with Crippen LogP contribution in [-0.4, -0.2) is 146 Å². The van der Waals surface area contributed by atoms with Gasteiger partial charge in [0.15, 0.2) is 0 Å². The van der Waals surface area contributed by atoms with E-state index in [9.17, 15) is 0 Å². The van der Waals surface area contributed by atoms with Crippen LogP contribution in [0.5, 0.6) is 0 Å². The van der Waals surface area contributed by atoms with Crippen molar-refractivity contribution in [2.75, 3.05) is 80.5 Å². The molecule has 0 amide bonds. The van der Waals surface area contributed by atoms with Gasteiger partial charge in [0, 0.05) is 82.1 Å². The molecule has 0 saturated carbocycles. The second-order valence-electron chi connectivity index (χ2n) is 12.7. The lowest BCUT2D eigenvalue weighted by molar-refractivity contribution is 0.0307. The molecular formula is C28H58N6. The normalized spacial score (nSPS) is 32.8. The van der Waals surface area contributed by atoms with Crippen LogP contribution in [0.2, 0.25) is 0 Å². The quantitative estimate of drug-likeness (QED) is 0.478. The Kier molecular flexibility index (Phi) is 10.7. The zero-order valence-electron chi connectivity index (χ0n) is 24.2. The van der Waals surface area contributed by atoms with E-state index in [1.54, 1.807) is 0 Å². The monoisotopic (exact) mass is 478 g/mol. The van der Waals surface area contributed by atoms with Gasteiger partial charge in [-0.2, -0.15) is 0 Å². The molecule has 3 heterocycles. The highest BCUT2D eigenvalue weighted by atomic mass is 15.3. The summed E-state index contributed by atoms with van der Waals surface area (Å²) in [5.41, 5.74) is 0. The molecule has 0 aliphatic carbocycles. The molecule has 3 unspecified atom stereocenters. The van der Waals surface area contributed by atoms with Crippen LogP contribution in [0.4, 0.5) is 0 Å². The van der Waals surface area contributed by atoms with E-state index in [0.29, 0.717) is 30.2 Å². The molecule has 0 N–H and O–H groups in total. The first-order chi connectivity index (χ1) is 16.1. The lowest BCUT2D eigenvalue weighted by atomic mass is 9.89. The predicted molar refractivity (Wildman–Crippen MR) is 147 cm³/mol. The standard InChI is InChI=1S/C28H58N6/c1-22(2)32-14-12-27(21-32)31(9)19-26-20-33(15-13-28(26)29(6)7)23(3)10-11-24(4)34-17-16-30(8)18-25(34)5/h22-28H,10-21H2,1-9H3/t23-,24+,25?,26?,27-,28?/m0/s1. The Morgan fingerprint density at radius 2 is 1.47 bits per heavy atom. The zero-order valence-corrected chi connectivity index (χ0v) is 24.2. The van der Waals surface area contributed by atoms with Gasteiger partial charge in [-0.1, -0.05) is 0 Å². The van der Waals surface area contributed by atoms with Crippen LogP contribution in [0.3, 0.4) is 0 Å². The van der Waals surface area contributed by atoms with Crippen LogP contribution in [0.15, 0.2) is 0 Å². The second-order valence-corrected chi connectivity index (χ2v) is 12.7. The van der Waals surface area contributed by atoms with Crippen LogP contribution in [0.25, 0.3) is 0 Å². The maximum absolute atomic E-state index is 2.83. The van der Waals surface area contributed by atoms with E-state index in [1.807, 2.05) is 0 Å². The molecule has 0 bridgehead atoms. The molecule has 3 saturated heterocycles. The van der Waals surface area contributed by atoms with Gasteiger partial charge in [0.1, 0.15) is 0 Å². The highest BCUT2D eigenvalue weighted by Crippen LogP contribution is 2.27. The third-order valence-corrected chi connectivity index (χ3v) is 9.53. The summed E-state index contributed by atoms with van der Waals surface area (Å²) in [5, 5.41) is 0. The topological polar surface area (TPSA) is 19.4 Å². The molecule has 6 nitrogen and oxygen atoms in total. The number of piperazine rings is 1. The lowest BCUT2D eigenvalue weighted by Crippen LogP contribution is -2.55. The van der Waals surface area contributed by atoms with Crippen molar-refractivity contribution in [1.82, 2.24) is 29.4 Å². The maximum atomic E-state index is 2.83. The summed E-state index contributed by atoms with van der Waals surface area (Å²) in [6.07, 6.45) is 5.28. The Morgan fingerprint density at radius 3 is 2.09 bits per heavy atom. The minimum absolute atomic E-state index is 0.676. The molecule has 3 rings (SSSR count). The Labute approximate surface area is 212 Å². The number of likely N-dealkylation sites (tertiary alicyclic amines) is 2. The molecule has 3 aliphatic rings. The van der Waals surface area contributed by atoms with Crippen LogP contribution in [-0.2, 0) is 0 Å². The van der Waals surface area contributed by atoms with Crippen LogP contribution in [0.1, 0.15) is 60.3 Å². The summed E-state index contributed by atoms with van der Waals surface area (Å²) in [6, 6.07) is 4.17. The van der Waals surface area contributed by atoms with Crippen molar-refractivity contribution in [2.45, 2.75) is 96.6 Å². The summed E-state index contributed by atoms with van der Waals surface area (Å²) >= 11 is 0. The number of rotatable bonds is 10. The fourth-order valence-corrected chi connectivity index (χ4v) is 7.06. The van der Waals surface area contributed by atoms with Gasteiger partial charge in [-0.3, -0.25) is 9.80 Å². The van der Waals surface area contributed by atoms with E-state index in [1.165, 1.54) is 78.0 Å². The van der Waals surface area contributed by atoms with E-state index in [0.717, 1.165) is 12.0 Å². The third-order valence-electron chi connectivity index (χ3n) is 9.53. The lowest BCUT2D eigenvalue weighted by Gasteiger charge is -2.46. The fraction of sp³-hybridized carbons (Fsp3) is 1.00. The smallest absolute Gasteiger partial charge is 0.0232 e. The molecule has 3 aliphatic heterocycles. The van der Waals surface area contributed by atoms with Gasteiger partial charge < -0.3 is 19.6 Å². The molecular weight excluding hydrogens is 420 g/mol. The van der Waals surface area contributed by atoms with Gasteiger partial charge in [0.05, 0.1) is 0 Å². The highest BCUT2D eigenvalue weighted by molar-refractivity contribution is 4.92. The summed E-state index contributed by atoms with van der Waals surface area (Å²) in [4.78, 5) is 15.9. The minimum Gasteiger partial charge on any atom is -0.306 e. The summed E-state index contributed by atoms with van der Waals surface area (Å²) in [5.74, 6) is 0.736. The molecule has 34 heavy (non-hydrogen) atoms. The van der Waals surface area contributed by atoms with E-state index < -0.39 is 0 Å². The van der Waals surface area contributed by atoms with Crippen molar-refractivity contribution in [2.24, 2.45) is 5.92 Å². The first-order valence-electron chi connectivity index (χ1n) is 14.4. The molecule has 0 aromatic heterocycles. The van der Waals surface area contributed by atoms with Crippen LogP contribution >= 0.6 is 0 Å². The number of piperidine rings is 1. The highest BCUT2D eigenvalue weighted by Gasteiger charge is 2.36. The van der Waals surface area contributed by atoms with Crippen molar-refractivity contribution >= 4 is 0 Å². The summed E-state index contributed by atoms with van der Waals surface area (Å²) < 4.78 is 0. The Bertz CT molecular complexity index is 597. The number of likely N-dealkylation sites (N-methyl/N-ethyl adjacent to an activating group) is 2. The second kappa shape index (κ2) is 12.8. The van der Waals surface area contributed by atoms with Crippen molar-refractivity contribution in [1.29, 1.82) is 0 Å². The SMILES string of the molecule is CC(C)N1CC[C@H](N(C)CC2CN([C@@H](C)CC[C@@H](C)N3CCN(C)CC3C)CCC2N(C)C)C1.